The maximum absolute atomic E-state index is 13.4. The third-order valence-corrected chi connectivity index (χ3v) is 9.09. The Kier molecular flexibility index (Phi) is 4.78. The van der Waals surface area contributed by atoms with Crippen molar-refractivity contribution in [1.82, 2.24) is 0 Å². The summed E-state index contributed by atoms with van der Waals surface area (Å²) in [7, 11) is 0. The fraction of sp³-hybridized carbons (Fsp3) is 0.400. The number of esters is 1. The Morgan fingerprint density at radius 1 is 0.892 bits per heavy atom. The number of carbonyl (C=O) groups is 4. The first-order chi connectivity index (χ1) is 17.8. The average molecular weight is 497 g/mol. The molecule has 2 saturated carbocycles. The molecular weight excluding hydrogens is 468 g/mol. The summed E-state index contributed by atoms with van der Waals surface area (Å²) in [5, 5.41) is 0. The molecule has 2 aliphatic heterocycles. The molecule has 0 radical (unpaired) electrons. The quantitative estimate of drug-likeness (QED) is 0.278. The van der Waals surface area contributed by atoms with Crippen LogP contribution in [0, 0.1) is 55.3 Å². The van der Waals surface area contributed by atoms with Gasteiger partial charge in [-0.15, -0.1) is 0 Å². The highest BCUT2D eigenvalue weighted by Gasteiger charge is 2.67. The molecule has 2 aromatic carbocycles. The molecule has 2 bridgehead atoms. The number of imide groups is 1. The van der Waals surface area contributed by atoms with E-state index in [9.17, 15) is 19.2 Å². The Bertz CT molecular complexity index is 1360. The van der Waals surface area contributed by atoms with Crippen molar-refractivity contribution < 1.29 is 23.9 Å². The van der Waals surface area contributed by atoms with Gasteiger partial charge in [-0.25, -0.2) is 4.90 Å². The van der Waals surface area contributed by atoms with Crippen LogP contribution in [-0.2, 0) is 19.2 Å². The maximum atomic E-state index is 13.4. The molecule has 4 aliphatic carbocycles. The SMILES string of the molecule is Cc1ccc(N2C[C@H](C(=O)Oc3ccc(N4C(=O)[C@@H]5[C@H]6C=C[C@@H]([C@@H]7C[C@H]67)[C@@H]5C4=O)c(C)c3)CC2=O)cc1. The summed E-state index contributed by atoms with van der Waals surface area (Å²) in [5.74, 6) is -0.0329. The van der Waals surface area contributed by atoms with Crippen LogP contribution in [0.15, 0.2) is 54.6 Å². The van der Waals surface area contributed by atoms with Crippen LogP contribution in [0.5, 0.6) is 5.75 Å². The Hall–Kier alpha value is -3.74. The van der Waals surface area contributed by atoms with E-state index in [4.69, 9.17) is 4.74 Å². The van der Waals surface area contributed by atoms with Gasteiger partial charge in [0.2, 0.25) is 17.7 Å². The lowest BCUT2D eigenvalue weighted by atomic mass is 9.63. The summed E-state index contributed by atoms with van der Waals surface area (Å²) in [6.07, 6.45) is 5.56. The highest BCUT2D eigenvalue weighted by molar-refractivity contribution is 6.23. The molecule has 0 aromatic heterocycles. The molecule has 0 spiro atoms. The molecule has 37 heavy (non-hydrogen) atoms. The Balaban J connectivity index is 1.06. The molecular formula is C30H28N2O5. The van der Waals surface area contributed by atoms with Gasteiger partial charge in [-0.3, -0.25) is 19.2 Å². The number of nitrogens with zero attached hydrogens (tertiary/aromatic N) is 2. The number of rotatable bonds is 4. The molecule has 2 aromatic rings. The molecule has 2 heterocycles. The standard InChI is InChI=1S/C30H28N2O5/c1-15-3-5-18(6-4-15)31-14-17(12-25(31)33)30(36)37-19-7-10-24(16(2)11-19)32-28(34)26-20-8-9-21(23-13-22(20)23)27(26)29(32)35/h3-11,17,20-23,26-27H,12-14H2,1-2H3/t17-,20+,21+,22-,23+,26-,27+/m1/s1. The van der Waals surface area contributed by atoms with Crippen molar-refractivity contribution in [2.45, 2.75) is 26.7 Å². The van der Waals surface area contributed by atoms with E-state index in [-0.39, 0.29) is 54.4 Å². The van der Waals surface area contributed by atoms with Gasteiger partial charge in [0.15, 0.2) is 0 Å². The Morgan fingerprint density at radius 3 is 2.16 bits per heavy atom. The van der Waals surface area contributed by atoms with Crippen LogP contribution in [0.25, 0.3) is 0 Å². The van der Waals surface area contributed by atoms with E-state index in [1.807, 2.05) is 38.1 Å². The van der Waals surface area contributed by atoms with Crippen molar-refractivity contribution in [2.75, 3.05) is 16.3 Å². The third kappa shape index (κ3) is 3.32. The number of allylic oxidation sites excluding steroid dienone is 2. The second-order valence-corrected chi connectivity index (χ2v) is 11.3. The van der Waals surface area contributed by atoms with Gasteiger partial charge in [-0.2, -0.15) is 0 Å². The topological polar surface area (TPSA) is 84.0 Å². The van der Waals surface area contributed by atoms with E-state index >= 15 is 0 Å². The Morgan fingerprint density at radius 2 is 1.54 bits per heavy atom. The minimum absolute atomic E-state index is 0.0989. The van der Waals surface area contributed by atoms with E-state index in [0.29, 0.717) is 28.8 Å². The van der Waals surface area contributed by atoms with Gasteiger partial charge in [-0.05, 0) is 79.8 Å². The molecule has 0 N–H and O–H groups in total. The van der Waals surface area contributed by atoms with Gasteiger partial charge in [0.1, 0.15) is 5.75 Å². The summed E-state index contributed by atoms with van der Waals surface area (Å²) in [5.41, 5.74) is 3.12. The minimum Gasteiger partial charge on any atom is -0.426 e. The number of hydrogen-bond donors (Lipinski definition) is 0. The maximum Gasteiger partial charge on any atom is 0.316 e. The van der Waals surface area contributed by atoms with Crippen LogP contribution in [0.4, 0.5) is 11.4 Å². The first-order valence-corrected chi connectivity index (χ1v) is 13.1. The zero-order valence-electron chi connectivity index (χ0n) is 20.8. The molecule has 0 unspecified atom stereocenters. The number of aryl methyl sites for hydroxylation is 2. The van der Waals surface area contributed by atoms with Crippen LogP contribution in [0.1, 0.15) is 24.0 Å². The fourth-order valence-electron chi connectivity index (χ4n) is 7.18. The zero-order chi connectivity index (χ0) is 25.6. The predicted octanol–water partition coefficient (Wildman–Crippen LogP) is 3.82. The fourth-order valence-corrected chi connectivity index (χ4v) is 7.18. The number of amides is 3. The highest BCUT2D eigenvalue weighted by Crippen LogP contribution is 2.65. The molecule has 2 saturated heterocycles. The van der Waals surface area contributed by atoms with Crippen molar-refractivity contribution in [1.29, 1.82) is 0 Å². The summed E-state index contributed by atoms with van der Waals surface area (Å²) in [6, 6.07) is 12.6. The Labute approximate surface area is 215 Å². The van der Waals surface area contributed by atoms with Crippen LogP contribution in [0.3, 0.4) is 0 Å². The molecule has 7 heteroatoms. The lowest BCUT2D eigenvalue weighted by Crippen LogP contribution is -2.40. The van der Waals surface area contributed by atoms with Crippen LogP contribution < -0.4 is 14.5 Å². The van der Waals surface area contributed by atoms with Crippen LogP contribution in [0.2, 0.25) is 0 Å². The van der Waals surface area contributed by atoms with E-state index < -0.39 is 11.9 Å². The number of ether oxygens (including phenoxy) is 1. The number of hydrogen-bond acceptors (Lipinski definition) is 5. The van der Waals surface area contributed by atoms with Gasteiger partial charge in [0.25, 0.3) is 0 Å². The van der Waals surface area contributed by atoms with Crippen molar-refractivity contribution in [3.8, 4) is 5.75 Å². The number of benzene rings is 2. The highest BCUT2D eigenvalue weighted by atomic mass is 16.5. The molecule has 4 fully saturated rings. The van der Waals surface area contributed by atoms with Gasteiger partial charge < -0.3 is 9.64 Å². The number of anilines is 2. The lowest BCUT2D eigenvalue weighted by molar-refractivity contribution is -0.139. The van der Waals surface area contributed by atoms with E-state index in [1.54, 1.807) is 23.1 Å². The molecule has 7 atom stereocenters. The van der Waals surface area contributed by atoms with Gasteiger partial charge in [0, 0.05) is 18.7 Å². The lowest BCUT2D eigenvalue weighted by Gasteiger charge is -2.37. The van der Waals surface area contributed by atoms with Crippen molar-refractivity contribution in [2.24, 2.45) is 41.4 Å². The van der Waals surface area contributed by atoms with E-state index in [1.165, 1.54) is 4.90 Å². The molecule has 8 rings (SSSR count). The van der Waals surface area contributed by atoms with Gasteiger partial charge >= 0.3 is 5.97 Å². The summed E-state index contributed by atoms with van der Waals surface area (Å²) in [4.78, 5) is 55.3. The second kappa shape index (κ2) is 7.88. The predicted molar refractivity (Wildman–Crippen MR) is 136 cm³/mol. The third-order valence-electron chi connectivity index (χ3n) is 9.09. The van der Waals surface area contributed by atoms with Gasteiger partial charge in [0.05, 0.1) is 23.4 Å². The summed E-state index contributed by atoms with van der Waals surface area (Å²) >= 11 is 0. The van der Waals surface area contributed by atoms with Crippen LogP contribution in [-0.4, -0.2) is 30.2 Å². The monoisotopic (exact) mass is 496 g/mol. The first-order valence-electron chi connectivity index (χ1n) is 13.1. The molecule has 188 valence electrons. The molecule has 6 aliphatic rings. The largest absolute Gasteiger partial charge is 0.426 e. The van der Waals surface area contributed by atoms with Crippen molar-refractivity contribution >= 4 is 35.1 Å². The first kappa shape index (κ1) is 22.5. The average Bonchev–Trinajstić information content (AvgIpc) is 3.56. The van der Waals surface area contributed by atoms with E-state index in [2.05, 4.69) is 12.2 Å². The summed E-state index contributed by atoms with van der Waals surface area (Å²) < 4.78 is 5.64. The van der Waals surface area contributed by atoms with Crippen molar-refractivity contribution in [3.05, 3.63) is 65.7 Å². The molecule has 7 nitrogen and oxygen atoms in total. The smallest absolute Gasteiger partial charge is 0.316 e. The van der Waals surface area contributed by atoms with Gasteiger partial charge in [-0.1, -0.05) is 29.8 Å². The van der Waals surface area contributed by atoms with Crippen LogP contribution >= 0.6 is 0 Å². The molecule has 3 amide bonds. The summed E-state index contributed by atoms with van der Waals surface area (Å²) in [6.45, 7) is 4.07. The second-order valence-electron chi connectivity index (χ2n) is 11.3. The zero-order valence-corrected chi connectivity index (χ0v) is 20.8. The van der Waals surface area contributed by atoms with Crippen molar-refractivity contribution in [3.63, 3.8) is 0 Å². The van der Waals surface area contributed by atoms with E-state index in [0.717, 1.165) is 17.7 Å². The number of carbonyl (C=O) groups excluding carboxylic acids is 4. The minimum atomic E-state index is -0.562. The normalized spacial score (nSPS) is 33.1.